The normalized spacial score (nSPS) is 15.0. The van der Waals surface area contributed by atoms with Crippen LogP contribution in [0.1, 0.15) is 29.8 Å². The summed E-state index contributed by atoms with van der Waals surface area (Å²) in [7, 11) is 1.97. The van der Waals surface area contributed by atoms with Crippen LogP contribution in [0, 0.1) is 5.82 Å². The summed E-state index contributed by atoms with van der Waals surface area (Å²) < 4.78 is 26.5. The van der Waals surface area contributed by atoms with E-state index in [1.54, 1.807) is 0 Å². The van der Waals surface area contributed by atoms with Crippen LogP contribution in [0.25, 0.3) is 0 Å². The number of carbonyl (C=O) groups excluding carboxylic acids is 1. The van der Waals surface area contributed by atoms with E-state index < -0.39 is 23.1 Å². The lowest BCUT2D eigenvalue weighted by Gasteiger charge is -2.33. The van der Waals surface area contributed by atoms with Gasteiger partial charge in [-0.05, 0) is 61.9 Å². The molecule has 4 rings (SSSR count). The Labute approximate surface area is 213 Å². The number of hydrogen-bond donors (Lipinski definition) is 2. The quantitative estimate of drug-likeness (QED) is 0.442. The first-order valence-electron chi connectivity index (χ1n) is 11.3. The highest BCUT2D eigenvalue weighted by Gasteiger charge is 2.32. The number of ether oxygens (including phenoxy) is 2. The van der Waals surface area contributed by atoms with Crippen LogP contribution in [0.15, 0.2) is 60.7 Å². The van der Waals surface area contributed by atoms with Crippen LogP contribution >= 0.6 is 11.6 Å². The van der Waals surface area contributed by atoms with E-state index in [9.17, 15) is 19.1 Å². The first-order chi connectivity index (χ1) is 17.1. The number of anilines is 2. The molecule has 3 aromatic rings. The number of halogens is 2. The monoisotopic (exact) mass is 512 g/mol. The third-order valence-electron chi connectivity index (χ3n) is 6.10. The van der Waals surface area contributed by atoms with E-state index in [0.29, 0.717) is 17.8 Å². The molecule has 7 nitrogen and oxygen atoms in total. The predicted octanol–water partition coefficient (Wildman–Crippen LogP) is 5.37. The van der Waals surface area contributed by atoms with E-state index in [4.69, 9.17) is 21.1 Å². The van der Waals surface area contributed by atoms with Crippen LogP contribution in [-0.4, -0.2) is 43.3 Å². The van der Waals surface area contributed by atoms with Crippen molar-refractivity contribution in [1.82, 2.24) is 0 Å². The molecule has 0 spiro atoms. The maximum atomic E-state index is 14.8. The standard InChI is InChI=1S/C27H26ClFN2O5/c1-27(2,26(33)34)20-12-16(8-11-21(20)28)30-25(32)19-10-9-17(13-22(19)29)35-15-18-14-31(3)23-6-4-5-7-24(23)36-18/h4-13,18H,14-15H2,1-3H3,(H,30,32)(H,33,34)/t18-/m0/s1. The highest BCUT2D eigenvalue weighted by Crippen LogP contribution is 2.33. The van der Waals surface area contributed by atoms with Crippen LogP contribution in [0.2, 0.25) is 5.02 Å². The number of rotatable bonds is 7. The second kappa shape index (κ2) is 10.1. The number of carboxylic acid groups (broad SMARTS) is 1. The van der Waals surface area contributed by atoms with E-state index in [1.165, 1.54) is 44.2 Å². The summed E-state index contributed by atoms with van der Waals surface area (Å²) in [6.07, 6.45) is -0.245. The molecule has 1 heterocycles. The lowest BCUT2D eigenvalue weighted by atomic mass is 9.84. The van der Waals surface area contributed by atoms with Crippen molar-refractivity contribution in [2.24, 2.45) is 0 Å². The van der Waals surface area contributed by atoms with Gasteiger partial charge in [0.25, 0.3) is 5.91 Å². The number of carbonyl (C=O) groups is 2. The summed E-state index contributed by atoms with van der Waals surface area (Å²) >= 11 is 6.18. The molecule has 1 aliphatic rings. The van der Waals surface area contributed by atoms with Crippen molar-refractivity contribution >= 4 is 34.9 Å². The molecule has 1 atom stereocenters. The Bertz CT molecular complexity index is 1310. The summed E-state index contributed by atoms with van der Waals surface area (Å²) in [4.78, 5) is 26.4. The number of aliphatic carboxylic acids is 1. The predicted molar refractivity (Wildman–Crippen MR) is 136 cm³/mol. The zero-order chi connectivity index (χ0) is 26.0. The van der Waals surface area contributed by atoms with Crippen molar-refractivity contribution in [1.29, 1.82) is 0 Å². The smallest absolute Gasteiger partial charge is 0.313 e. The second-order valence-corrected chi connectivity index (χ2v) is 9.53. The number of fused-ring (bicyclic) bond motifs is 1. The van der Waals surface area contributed by atoms with E-state index in [2.05, 4.69) is 10.2 Å². The molecule has 188 valence electrons. The Morgan fingerprint density at radius 1 is 1.19 bits per heavy atom. The molecule has 9 heteroatoms. The molecule has 0 saturated carbocycles. The van der Waals surface area contributed by atoms with Crippen molar-refractivity contribution in [3.8, 4) is 11.5 Å². The Balaban J connectivity index is 1.42. The van der Waals surface area contributed by atoms with Gasteiger partial charge in [-0.1, -0.05) is 23.7 Å². The molecule has 0 fully saturated rings. The first-order valence-corrected chi connectivity index (χ1v) is 11.7. The molecule has 0 radical (unpaired) electrons. The molecule has 1 amide bonds. The molecule has 2 N–H and O–H groups in total. The molecular weight excluding hydrogens is 487 g/mol. The molecule has 0 bridgehead atoms. The van der Waals surface area contributed by atoms with E-state index in [0.717, 1.165) is 17.5 Å². The van der Waals surface area contributed by atoms with Gasteiger partial charge in [-0.15, -0.1) is 0 Å². The van der Waals surface area contributed by atoms with Crippen LogP contribution in [0.5, 0.6) is 11.5 Å². The number of para-hydroxylation sites is 2. The Kier molecular flexibility index (Phi) is 7.08. The van der Waals surface area contributed by atoms with Crippen molar-refractivity contribution in [3.63, 3.8) is 0 Å². The number of nitrogens with one attached hydrogen (secondary N) is 1. The van der Waals surface area contributed by atoms with Gasteiger partial charge in [-0.25, -0.2) is 4.39 Å². The maximum absolute atomic E-state index is 14.8. The molecule has 1 aliphatic heterocycles. The number of amides is 1. The van der Waals surface area contributed by atoms with Crippen LogP contribution in [0.3, 0.4) is 0 Å². The zero-order valence-corrected chi connectivity index (χ0v) is 20.8. The highest BCUT2D eigenvalue weighted by atomic mass is 35.5. The second-order valence-electron chi connectivity index (χ2n) is 9.12. The lowest BCUT2D eigenvalue weighted by molar-refractivity contribution is -0.142. The van der Waals surface area contributed by atoms with Crippen LogP contribution < -0.4 is 19.7 Å². The third-order valence-corrected chi connectivity index (χ3v) is 6.43. The number of benzene rings is 3. The Morgan fingerprint density at radius 3 is 2.67 bits per heavy atom. The molecule has 0 aliphatic carbocycles. The summed E-state index contributed by atoms with van der Waals surface area (Å²) in [5, 5.41) is 12.4. The Morgan fingerprint density at radius 2 is 1.94 bits per heavy atom. The molecule has 3 aromatic carbocycles. The SMILES string of the molecule is CN1C[C@@H](COc2ccc(C(=O)Nc3ccc(Cl)c(C(C)(C)C(=O)O)c3)c(F)c2)Oc2ccccc21. The summed E-state index contributed by atoms with van der Waals surface area (Å²) in [5.74, 6) is -1.48. The maximum Gasteiger partial charge on any atom is 0.313 e. The third kappa shape index (κ3) is 5.23. The summed E-state index contributed by atoms with van der Waals surface area (Å²) in [6.45, 7) is 3.84. The van der Waals surface area contributed by atoms with Crippen LogP contribution in [-0.2, 0) is 10.2 Å². The molecule has 0 saturated heterocycles. The fourth-order valence-corrected chi connectivity index (χ4v) is 4.29. The number of likely N-dealkylation sites (N-methyl/N-ethyl adjacent to an activating group) is 1. The molecule has 0 unspecified atom stereocenters. The van der Waals surface area contributed by atoms with E-state index >= 15 is 0 Å². The molecular formula is C27H26ClFN2O5. The van der Waals surface area contributed by atoms with Gasteiger partial charge >= 0.3 is 5.97 Å². The van der Waals surface area contributed by atoms with Crippen molar-refractivity contribution < 1.29 is 28.6 Å². The fraction of sp³-hybridized carbons (Fsp3) is 0.259. The van der Waals surface area contributed by atoms with Gasteiger partial charge in [0.1, 0.15) is 30.0 Å². The van der Waals surface area contributed by atoms with Gasteiger partial charge in [0.05, 0.1) is 23.2 Å². The average Bonchev–Trinajstić information content (AvgIpc) is 2.83. The lowest BCUT2D eigenvalue weighted by Crippen LogP contribution is -2.41. The van der Waals surface area contributed by atoms with Gasteiger partial charge in [-0.2, -0.15) is 0 Å². The topological polar surface area (TPSA) is 88.1 Å². The number of nitrogens with zero attached hydrogens (tertiary/aromatic N) is 1. The van der Waals surface area contributed by atoms with Crippen LogP contribution in [0.4, 0.5) is 15.8 Å². The number of hydrogen-bond acceptors (Lipinski definition) is 5. The minimum atomic E-state index is -1.28. The zero-order valence-electron chi connectivity index (χ0n) is 20.0. The van der Waals surface area contributed by atoms with Crippen molar-refractivity contribution in [2.75, 3.05) is 30.4 Å². The minimum absolute atomic E-state index is 0.182. The fourth-order valence-electron chi connectivity index (χ4n) is 3.93. The Hall–Kier alpha value is -3.78. The minimum Gasteiger partial charge on any atom is -0.490 e. The largest absolute Gasteiger partial charge is 0.490 e. The molecule has 0 aromatic heterocycles. The van der Waals surface area contributed by atoms with Gasteiger partial charge in [-0.3, -0.25) is 9.59 Å². The van der Waals surface area contributed by atoms with Crippen molar-refractivity contribution in [3.05, 3.63) is 82.6 Å². The van der Waals surface area contributed by atoms with E-state index in [1.807, 2.05) is 31.3 Å². The summed E-state index contributed by atoms with van der Waals surface area (Å²) in [6, 6.07) is 16.2. The van der Waals surface area contributed by atoms with Gasteiger partial charge < -0.3 is 24.8 Å². The summed E-state index contributed by atoms with van der Waals surface area (Å²) in [5.41, 5.74) is 0.165. The van der Waals surface area contributed by atoms with Gasteiger partial charge in [0.15, 0.2) is 0 Å². The van der Waals surface area contributed by atoms with Gasteiger partial charge in [0.2, 0.25) is 0 Å². The molecule has 36 heavy (non-hydrogen) atoms. The van der Waals surface area contributed by atoms with Crippen molar-refractivity contribution in [2.45, 2.75) is 25.4 Å². The van der Waals surface area contributed by atoms with Gasteiger partial charge in [0, 0.05) is 23.8 Å². The first kappa shape index (κ1) is 25.3. The number of carboxylic acids is 1. The highest BCUT2D eigenvalue weighted by molar-refractivity contribution is 6.32. The average molecular weight is 513 g/mol. The van der Waals surface area contributed by atoms with E-state index in [-0.39, 0.29) is 29.0 Å².